The summed E-state index contributed by atoms with van der Waals surface area (Å²) in [6.45, 7) is -0.317. The largest absolute Gasteiger partial charge is 0.505 e. The Morgan fingerprint density at radius 2 is 1.40 bits per heavy atom. The van der Waals surface area contributed by atoms with Crippen molar-refractivity contribution in [1.82, 2.24) is 13.9 Å². The van der Waals surface area contributed by atoms with E-state index in [1.807, 2.05) is 0 Å². The van der Waals surface area contributed by atoms with Crippen molar-refractivity contribution >= 4 is 40.7 Å². The highest BCUT2D eigenvalue weighted by molar-refractivity contribution is 6.58. The topological polar surface area (TPSA) is 107 Å². The molecule has 4 aromatic rings. The Morgan fingerprint density at radius 3 is 2.02 bits per heavy atom. The van der Waals surface area contributed by atoms with Gasteiger partial charge in [0.15, 0.2) is 44.6 Å². The molecule has 3 aliphatic rings. The second-order valence-electron chi connectivity index (χ2n) is 11.1. The van der Waals surface area contributed by atoms with E-state index < -0.39 is 97.7 Å². The van der Waals surface area contributed by atoms with E-state index in [0.717, 1.165) is 32.1 Å². The summed E-state index contributed by atoms with van der Waals surface area (Å²) in [5.74, 6) is -19.8. The number of para-hydroxylation sites is 1. The molecule has 1 N–H and O–H groups in total. The smallest absolute Gasteiger partial charge is 0.352 e. The number of amides is 2. The molecule has 2 amide bonds. The number of phenolic OH excluding ortho intramolecular Hbond substituents is 1. The molecule has 1 aromatic heterocycles. The number of aromatic hydroxyl groups is 1. The third-order valence-electron chi connectivity index (χ3n) is 8.81. The number of halogens is 8. The molecule has 1 aliphatic carbocycles. The van der Waals surface area contributed by atoms with Gasteiger partial charge in [0.2, 0.25) is 5.82 Å². The molecular weight excluding hydrogens is 681 g/mol. The average Bonchev–Trinajstić information content (AvgIpc) is 3.39. The van der Waals surface area contributed by atoms with E-state index in [2.05, 4.69) is 0 Å². The van der Waals surface area contributed by atoms with Crippen LogP contribution in [0.1, 0.15) is 23.9 Å². The van der Waals surface area contributed by atoms with Gasteiger partial charge in [0.1, 0.15) is 5.69 Å². The molecule has 1 saturated carbocycles. The highest BCUT2D eigenvalue weighted by atomic mass is 35.5. The number of hydrogen-bond acceptors (Lipinski definition) is 5. The van der Waals surface area contributed by atoms with Crippen LogP contribution >= 0.6 is 23.2 Å². The van der Waals surface area contributed by atoms with Crippen molar-refractivity contribution in [3.05, 3.63) is 122 Å². The Kier molecular flexibility index (Phi) is 6.65. The van der Waals surface area contributed by atoms with Crippen LogP contribution in [0.2, 0.25) is 0 Å². The van der Waals surface area contributed by atoms with Crippen LogP contribution in [0.15, 0.2) is 69.8 Å². The predicted molar refractivity (Wildman–Crippen MR) is 153 cm³/mol. The summed E-state index contributed by atoms with van der Waals surface area (Å²) in [5.41, 5.74) is -3.70. The Morgan fingerprint density at radius 1 is 0.787 bits per heavy atom. The van der Waals surface area contributed by atoms with Crippen molar-refractivity contribution < 1.29 is 41.0 Å². The van der Waals surface area contributed by atoms with Crippen LogP contribution in [0.5, 0.6) is 5.75 Å². The number of fused-ring (bicyclic) bond motifs is 4. The summed E-state index contributed by atoms with van der Waals surface area (Å²) in [4.78, 5) is 49.6. The van der Waals surface area contributed by atoms with E-state index in [1.165, 1.54) is 18.2 Å². The molecule has 3 heterocycles. The van der Waals surface area contributed by atoms with E-state index in [1.54, 1.807) is 18.2 Å². The van der Waals surface area contributed by atoms with Gasteiger partial charge in [0, 0.05) is 12.3 Å². The molecule has 9 nitrogen and oxygen atoms in total. The number of benzene rings is 3. The number of nitrogens with zero attached hydrogens (tertiary/aromatic N) is 4. The zero-order chi connectivity index (χ0) is 33.9. The number of carbonyl (C=O) groups excluding carboxylic acids is 2. The number of phenols is 1. The van der Waals surface area contributed by atoms with Crippen molar-refractivity contribution in [1.29, 1.82) is 0 Å². The van der Waals surface area contributed by atoms with Crippen molar-refractivity contribution in [2.24, 2.45) is 0 Å². The van der Waals surface area contributed by atoms with Gasteiger partial charge in [-0.05, 0) is 35.4 Å². The number of rotatable bonds is 3. The maximum atomic E-state index is 15.1. The molecule has 4 atom stereocenters. The van der Waals surface area contributed by atoms with Gasteiger partial charge in [-0.15, -0.1) is 23.2 Å². The van der Waals surface area contributed by atoms with Gasteiger partial charge in [0.05, 0.1) is 18.3 Å². The van der Waals surface area contributed by atoms with E-state index in [0.29, 0.717) is 0 Å². The number of anilines is 1. The number of imide groups is 1. The van der Waals surface area contributed by atoms with E-state index in [-0.39, 0.29) is 28.3 Å². The Bertz CT molecular complexity index is 2210. The third kappa shape index (κ3) is 3.80. The maximum absolute atomic E-state index is 15.1. The summed E-state index contributed by atoms with van der Waals surface area (Å²) < 4.78 is 90.2. The molecule has 242 valence electrons. The molecular formula is C30H16Cl2F6N4O5. The number of allylic oxidation sites excluding steroid dienone is 2. The lowest BCUT2D eigenvalue weighted by molar-refractivity contribution is -0.122. The maximum Gasteiger partial charge on any atom is 0.352 e. The van der Waals surface area contributed by atoms with Crippen LogP contribution in [-0.2, 0) is 16.1 Å². The molecule has 7 rings (SSSR count). The molecule has 0 bridgehead atoms. The van der Waals surface area contributed by atoms with E-state index >= 15 is 8.78 Å². The van der Waals surface area contributed by atoms with E-state index in [9.17, 15) is 41.8 Å². The third-order valence-corrected chi connectivity index (χ3v) is 10.2. The summed E-state index contributed by atoms with van der Waals surface area (Å²) in [7, 11) is 0. The Labute approximate surface area is 268 Å². The first-order valence-electron chi connectivity index (χ1n) is 13.6. The second-order valence-corrected chi connectivity index (χ2v) is 12.3. The number of carbonyl (C=O) groups is 2. The Balaban J connectivity index is 1.50. The molecule has 0 spiro atoms. The minimum atomic E-state index is -2.84. The van der Waals surface area contributed by atoms with Crippen molar-refractivity contribution in [3.8, 4) is 11.4 Å². The SMILES string of the molecule is O=C1N(c2c(F)c(F)c(F)c(F)c2F)C(=O)[C@@]2(Cl)[C@@H](c3ccc(O)c(F)c3)C3=CCn4c(=O)n(-c5ccccc5)c(=O)n4[C@@H]3C[C@@]12Cl. The van der Waals surface area contributed by atoms with E-state index in [4.69, 9.17) is 23.2 Å². The number of alkyl halides is 2. The van der Waals surface area contributed by atoms with Gasteiger partial charge in [-0.3, -0.25) is 9.59 Å². The van der Waals surface area contributed by atoms with Gasteiger partial charge < -0.3 is 5.11 Å². The fourth-order valence-electron chi connectivity index (χ4n) is 6.70. The lowest BCUT2D eigenvalue weighted by Gasteiger charge is -2.49. The number of aromatic nitrogens is 3. The monoisotopic (exact) mass is 696 g/mol. The van der Waals surface area contributed by atoms with Crippen LogP contribution in [-0.4, -0.2) is 40.6 Å². The predicted octanol–water partition coefficient (Wildman–Crippen LogP) is 4.54. The first-order chi connectivity index (χ1) is 22.2. The summed E-state index contributed by atoms with van der Waals surface area (Å²) >= 11 is 13.9. The van der Waals surface area contributed by atoms with Crippen LogP contribution in [0.3, 0.4) is 0 Å². The second kappa shape index (κ2) is 10.1. The zero-order valence-electron chi connectivity index (χ0n) is 23.2. The van der Waals surface area contributed by atoms with Gasteiger partial charge in [-0.2, -0.15) is 0 Å². The summed E-state index contributed by atoms with van der Waals surface area (Å²) in [6, 6.07) is 9.04. The fraction of sp³-hybridized carbons (Fsp3) is 0.200. The molecule has 2 fully saturated rings. The van der Waals surface area contributed by atoms with Crippen molar-refractivity contribution in [2.45, 2.75) is 34.7 Å². The Hall–Kier alpha value is -4.76. The van der Waals surface area contributed by atoms with Gasteiger partial charge in [-0.1, -0.05) is 30.3 Å². The highest BCUT2D eigenvalue weighted by Gasteiger charge is 2.76. The molecule has 47 heavy (non-hydrogen) atoms. The molecule has 2 aliphatic heterocycles. The molecule has 0 unspecified atom stereocenters. The minimum Gasteiger partial charge on any atom is -0.505 e. The molecule has 1 saturated heterocycles. The van der Waals surface area contributed by atoms with Crippen LogP contribution in [0.25, 0.3) is 5.69 Å². The van der Waals surface area contributed by atoms with Crippen LogP contribution in [0, 0.1) is 34.9 Å². The normalized spacial score (nSPS) is 25.0. The average molecular weight is 697 g/mol. The van der Waals surface area contributed by atoms with Gasteiger partial charge in [-0.25, -0.2) is 54.8 Å². The van der Waals surface area contributed by atoms with Crippen LogP contribution in [0.4, 0.5) is 32.0 Å². The standard InChI is InChI=1S/C30H16Cl2F6N4O5/c31-29-11-16-14(8-9-39-27(46)40(28(47)42(16)39)13-4-2-1-3-5-13)18(12-6-7-17(43)15(33)10-12)30(29,32)26(45)41(25(29)44)24-22(37)20(35)19(34)21(36)23(24)38/h1-8,10,16,18,43H,9,11H2/t16-,18+,29-,30+/m1/s1. The van der Waals surface area contributed by atoms with Crippen LogP contribution < -0.4 is 16.3 Å². The first-order valence-corrected chi connectivity index (χ1v) is 14.4. The van der Waals surface area contributed by atoms with Crippen molar-refractivity contribution in [3.63, 3.8) is 0 Å². The zero-order valence-corrected chi connectivity index (χ0v) is 24.7. The number of hydrogen-bond donors (Lipinski definition) is 1. The highest BCUT2D eigenvalue weighted by Crippen LogP contribution is 2.64. The summed E-state index contributed by atoms with van der Waals surface area (Å²) in [5, 5.41) is 9.86. The fourth-order valence-corrected chi connectivity index (χ4v) is 7.62. The van der Waals surface area contributed by atoms with Gasteiger partial charge in [0.25, 0.3) is 11.8 Å². The van der Waals surface area contributed by atoms with Gasteiger partial charge >= 0.3 is 11.4 Å². The minimum absolute atomic E-state index is 0.0362. The van der Waals surface area contributed by atoms with Crippen molar-refractivity contribution in [2.75, 3.05) is 4.90 Å². The first kappa shape index (κ1) is 30.9. The lowest BCUT2D eigenvalue weighted by atomic mass is 9.64. The molecule has 0 radical (unpaired) electrons. The molecule has 3 aromatic carbocycles. The summed E-state index contributed by atoms with van der Waals surface area (Å²) in [6.07, 6.45) is 0.561. The lowest BCUT2D eigenvalue weighted by Crippen LogP contribution is -2.59. The molecule has 17 heteroatoms. The quantitative estimate of drug-likeness (QED) is 0.0846.